The van der Waals surface area contributed by atoms with Crippen LogP contribution in [-0.2, 0) is 0 Å². The number of amides is 1. The number of benzene rings is 1. The molecule has 1 heterocycles. The SMILES string of the molecule is Cc1cccc(C)c1OCCNC(=O)c1ccon1. The number of rotatable bonds is 5. The van der Waals surface area contributed by atoms with Crippen molar-refractivity contribution in [1.29, 1.82) is 0 Å². The maximum Gasteiger partial charge on any atom is 0.273 e. The minimum Gasteiger partial charge on any atom is -0.491 e. The Morgan fingerprint density at radius 3 is 2.68 bits per heavy atom. The number of aromatic nitrogens is 1. The quantitative estimate of drug-likeness (QED) is 0.836. The summed E-state index contributed by atoms with van der Waals surface area (Å²) in [6, 6.07) is 7.50. The van der Waals surface area contributed by atoms with Crippen molar-refractivity contribution < 1.29 is 14.1 Å². The van der Waals surface area contributed by atoms with E-state index in [1.807, 2.05) is 32.0 Å². The second-order valence-corrected chi connectivity index (χ2v) is 4.21. The normalized spacial score (nSPS) is 10.2. The molecule has 1 amide bonds. The van der Waals surface area contributed by atoms with E-state index >= 15 is 0 Å². The van der Waals surface area contributed by atoms with E-state index in [9.17, 15) is 4.79 Å². The van der Waals surface area contributed by atoms with E-state index in [0.717, 1.165) is 16.9 Å². The first-order valence-electron chi connectivity index (χ1n) is 6.06. The average molecular weight is 260 g/mol. The second kappa shape index (κ2) is 6.04. The lowest BCUT2D eigenvalue weighted by Gasteiger charge is -2.11. The number of para-hydroxylation sites is 1. The Labute approximate surface area is 111 Å². The van der Waals surface area contributed by atoms with Gasteiger partial charge in [0.1, 0.15) is 18.6 Å². The first-order chi connectivity index (χ1) is 9.18. The first-order valence-corrected chi connectivity index (χ1v) is 6.06. The first kappa shape index (κ1) is 13.1. The summed E-state index contributed by atoms with van der Waals surface area (Å²) in [5, 5.41) is 6.26. The lowest BCUT2D eigenvalue weighted by Crippen LogP contribution is -2.28. The van der Waals surface area contributed by atoms with Crippen molar-refractivity contribution in [3.05, 3.63) is 47.3 Å². The monoisotopic (exact) mass is 260 g/mol. The van der Waals surface area contributed by atoms with Gasteiger partial charge in [0, 0.05) is 6.07 Å². The number of carbonyl (C=O) groups excluding carboxylic acids is 1. The van der Waals surface area contributed by atoms with Gasteiger partial charge in [0.2, 0.25) is 0 Å². The molecule has 0 saturated heterocycles. The van der Waals surface area contributed by atoms with Crippen molar-refractivity contribution in [3.8, 4) is 5.75 Å². The van der Waals surface area contributed by atoms with Crippen LogP contribution in [0.4, 0.5) is 0 Å². The third kappa shape index (κ3) is 3.34. The van der Waals surface area contributed by atoms with E-state index in [1.165, 1.54) is 12.3 Å². The molecule has 0 saturated carbocycles. The third-order valence-corrected chi connectivity index (χ3v) is 2.71. The summed E-state index contributed by atoms with van der Waals surface area (Å²) in [5.41, 5.74) is 2.44. The number of hydrogen-bond acceptors (Lipinski definition) is 4. The zero-order valence-corrected chi connectivity index (χ0v) is 11.0. The van der Waals surface area contributed by atoms with E-state index in [4.69, 9.17) is 4.74 Å². The molecule has 1 aromatic heterocycles. The molecule has 0 radical (unpaired) electrons. The molecule has 0 unspecified atom stereocenters. The standard InChI is InChI=1S/C14H16N2O3/c1-10-4-3-5-11(2)13(10)18-9-7-15-14(17)12-6-8-19-16-12/h3-6,8H,7,9H2,1-2H3,(H,15,17). The van der Waals surface area contributed by atoms with Crippen LogP contribution in [0.1, 0.15) is 21.6 Å². The molecule has 1 N–H and O–H groups in total. The number of carbonyl (C=O) groups is 1. The lowest BCUT2D eigenvalue weighted by atomic mass is 10.1. The van der Waals surface area contributed by atoms with Crippen LogP contribution >= 0.6 is 0 Å². The maximum absolute atomic E-state index is 11.6. The van der Waals surface area contributed by atoms with Gasteiger partial charge in [0.05, 0.1) is 6.54 Å². The van der Waals surface area contributed by atoms with Crippen LogP contribution in [0.2, 0.25) is 0 Å². The van der Waals surface area contributed by atoms with Gasteiger partial charge in [0.15, 0.2) is 5.69 Å². The largest absolute Gasteiger partial charge is 0.491 e. The topological polar surface area (TPSA) is 64.4 Å². The van der Waals surface area contributed by atoms with Crippen molar-refractivity contribution in [2.24, 2.45) is 0 Å². The molecule has 0 spiro atoms. The van der Waals surface area contributed by atoms with Crippen LogP contribution in [0.5, 0.6) is 5.75 Å². The molecule has 0 bridgehead atoms. The Balaban J connectivity index is 1.80. The Hall–Kier alpha value is -2.30. The molecule has 0 aliphatic heterocycles. The fourth-order valence-corrected chi connectivity index (χ4v) is 1.76. The molecule has 2 aromatic rings. The molecule has 0 aliphatic rings. The van der Waals surface area contributed by atoms with E-state index in [0.29, 0.717) is 13.2 Å². The Bertz CT molecular complexity index is 530. The molecule has 19 heavy (non-hydrogen) atoms. The van der Waals surface area contributed by atoms with Crippen LogP contribution in [-0.4, -0.2) is 24.2 Å². The average Bonchev–Trinajstić information content (AvgIpc) is 2.91. The zero-order valence-electron chi connectivity index (χ0n) is 11.0. The third-order valence-electron chi connectivity index (χ3n) is 2.71. The molecule has 0 fully saturated rings. The second-order valence-electron chi connectivity index (χ2n) is 4.21. The van der Waals surface area contributed by atoms with Crippen LogP contribution in [0, 0.1) is 13.8 Å². The number of ether oxygens (including phenoxy) is 1. The van der Waals surface area contributed by atoms with E-state index in [2.05, 4.69) is 15.0 Å². The maximum atomic E-state index is 11.6. The highest BCUT2D eigenvalue weighted by Gasteiger charge is 2.08. The van der Waals surface area contributed by atoms with Gasteiger partial charge in [-0.15, -0.1) is 0 Å². The Morgan fingerprint density at radius 1 is 1.32 bits per heavy atom. The van der Waals surface area contributed by atoms with E-state index in [-0.39, 0.29) is 11.6 Å². The van der Waals surface area contributed by atoms with Crippen molar-refractivity contribution in [2.75, 3.05) is 13.2 Å². The minimum atomic E-state index is -0.265. The molecule has 100 valence electrons. The van der Waals surface area contributed by atoms with Gasteiger partial charge in [0.25, 0.3) is 5.91 Å². The number of nitrogens with zero attached hydrogens (tertiary/aromatic N) is 1. The van der Waals surface area contributed by atoms with Gasteiger partial charge >= 0.3 is 0 Å². The molecule has 5 heteroatoms. The number of nitrogens with one attached hydrogen (secondary N) is 1. The van der Waals surface area contributed by atoms with Gasteiger partial charge in [-0.2, -0.15) is 0 Å². The van der Waals surface area contributed by atoms with Crippen molar-refractivity contribution in [2.45, 2.75) is 13.8 Å². The van der Waals surface area contributed by atoms with Gasteiger partial charge in [-0.05, 0) is 25.0 Å². The fraction of sp³-hybridized carbons (Fsp3) is 0.286. The number of hydrogen-bond donors (Lipinski definition) is 1. The molecule has 2 rings (SSSR count). The summed E-state index contributed by atoms with van der Waals surface area (Å²) in [6.45, 7) is 4.82. The summed E-state index contributed by atoms with van der Waals surface area (Å²) in [6.07, 6.45) is 1.36. The highest BCUT2D eigenvalue weighted by molar-refractivity contribution is 5.91. The Kier molecular flexibility index (Phi) is 4.18. The molecular weight excluding hydrogens is 244 g/mol. The van der Waals surface area contributed by atoms with Gasteiger partial charge in [-0.1, -0.05) is 23.4 Å². The van der Waals surface area contributed by atoms with Crippen molar-refractivity contribution in [3.63, 3.8) is 0 Å². The van der Waals surface area contributed by atoms with Gasteiger partial charge in [-0.25, -0.2) is 0 Å². The van der Waals surface area contributed by atoms with E-state index < -0.39 is 0 Å². The number of aryl methyl sites for hydroxylation is 2. The predicted molar refractivity (Wildman–Crippen MR) is 70.2 cm³/mol. The summed E-state index contributed by atoms with van der Waals surface area (Å²) in [5.74, 6) is 0.608. The Morgan fingerprint density at radius 2 is 2.05 bits per heavy atom. The van der Waals surface area contributed by atoms with Crippen LogP contribution < -0.4 is 10.1 Å². The highest BCUT2D eigenvalue weighted by atomic mass is 16.5. The molecule has 5 nitrogen and oxygen atoms in total. The van der Waals surface area contributed by atoms with Crippen molar-refractivity contribution >= 4 is 5.91 Å². The van der Waals surface area contributed by atoms with Crippen LogP contribution in [0.15, 0.2) is 35.1 Å². The molecule has 0 aliphatic carbocycles. The zero-order chi connectivity index (χ0) is 13.7. The van der Waals surface area contributed by atoms with E-state index in [1.54, 1.807) is 0 Å². The fourth-order valence-electron chi connectivity index (χ4n) is 1.76. The van der Waals surface area contributed by atoms with Gasteiger partial charge in [-0.3, -0.25) is 4.79 Å². The summed E-state index contributed by atoms with van der Waals surface area (Å²) in [4.78, 5) is 11.6. The van der Waals surface area contributed by atoms with Gasteiger partial charge < -0.3 is 14.6 Å². The minimum absolute atomic E-state index is 0.265. The predicted octanol–water partition coefficient (Wildman–Crippen LogP) is 2.10. The smallest absolute Gasteiger partial charge is 0.273 e. The van der Waals surface area contributed by atoms with Crippen molar-refractivity contribution in [1.82, 2.24) is 10.5 Å². The molecule has 0 atom stereocenters. The highest BCUT2D eigenvalue weighted by Crippen LogP contribution is 2.21. The summed E-state index contributed by atoms with van der Waals surface area (Å²) >= 11 is 0. The van der Waals surface area contributed by atoms with Crippen LogP contribution in [0.3, 0.4) is 0 Å². The molecule has 1 aromatic carbocycles. The summed E-state index contributed by atoms with van der Waals surface area (Å²) in [7, 11) is 0. The summed E-state index contributed by atoms with van der Waals surface area (Å²) < 4.78 is 10.3. The molecular formula is C14H16N2O3. The van der Waals surface area contributed by atoms with Crippen LogP contribution in [0.25, 0.3) is 0 Å². The lowest BCUT2D eigenvalue weighted by molar-refractivity contribution is 0.0938.